The van der Waals surface area contributed by atoms with Crippen molar-refractivity contribution in [2.45, 2.75) is 19.4 Å². The number of phenols is 1. The van der Waals surface area contributed by atoms with Crippen molar-refractivity contribution in [1.82, 2.24) is 4.90 Å². The zero-order valence-corrected chi connectivity index (χ0v) is 16.8. The van der Waals surface area contributed by atoms with Crippen molar-refractivity contribution in [2.75, 3.05) is 31.1 Å². The molecule has 0 aliphatic carbocycles. The molecule has 3 aromatic rings. The third kappa shape index (κ3) is 4.25. The number of para-hydroxylation sites is 1. The first kappa shape index (κ1) is 19.8. The molecule has 1 aliphatic heterocycles. The number of benzene rings is 2. The van der Waals surface area contributed by atoms with Crippen LogP contribution in [0, 0.1) is 0 Å². The maximum Gasteiger partial charge on any atom is 0.311 e. The van der Waals surface area contributed by atoms with Gasteiger partial charge < -0.3 is 24.1 Å². The molecular weight excluding hydrogens is 384 g/mol. The van der Waals surface area contributed by atoms with Crippen molar-refractivity contribution in [2.24, 2.45) is 0 Å². The fourth-order valence-corrected chi connectivity index (χ4v) is 3.73. The second kappa shape index (κ2) is 8.49. The van der Waals surface area contributed by atoms with Gasteiger partial charge in [0.15, 0.2) is 6.10 Å². The molecule has 1 amide bonds. The van der Waals surface area contributed by atoms with Crippen LogP contribution in [0.1, 0.15) is 12.5 Å². The van der Waals surface area contributed by atoms with E-state index in [1.807, 2.05) is 18.2 Å². The van der Waals surface area contributed by atoms with E-state index in [4.69, 9.17) is 9.15 Å². The van der Waals surface area contributed by atoms with Gasteiger partial charge in [0.1, 0.15) is 11.3 Å². The average molecular weight is 408 g/mol. The van der Waals surface area contributed by atoms with E-state index in [9.17, 15) is 14.7 Å². The molecule has 2 heterocycles. The molecule has 0 bridgehead atoms. The topological polar surface area (TPSA) is 83.2 Å². The van der Waals surface area contributed by atoms with Crippen molar-refractivity contribution in [1.29, 1.82) is 0 Å². The molecule has 156 valence electrons. The van der Waals surface area contributed by atoms with Gasteiger partial charge in [-0.25, -0.2) is 0 Å². The standard InChI is InChI=1S/C23H24N2O5/c1-16(23(28)25-11-9-24(10-12-25)18-5-3-2-4-6-18)30-22(27)13-17-15-29-21-14-19(26)7-8-20(17)21/h2-8,14-16,26H,9-13H2,1H3/t16-/m1/s1. The van der Waals surface area contributed by atoms with Crippen LogP contribution in [0.25, 0.3) is 11.0 Å². The molecule has 1 atom stereocenters. The summed E-state index contributed by atoms with van der Waals surface area (Å²) in [5.41, 5.74) is 2.30. The largest absolute Gasteiger partial charge is 0.508 e. The molecular formula is C23H24N2O5. The van der Waals surface area contributed by atoms with Crippen LogP contribution in [0.15, 0.2) is 59.2 Å². The summed E-state index contributed by atoms with van der Waals surface area (Å²) < 4.78 is 10.8. The van der Waals surface area contributed by atoms with Gasteiger partial charge in [0.05, 0.1) is 12.7 Å². The number of anilines is 1. The van der Waals surface area contributed by atoms with Crippen LogP contribution in [-0.2, 0) is 20.7 Å². The fourth-order valence-electron chi connectivity index (χ4n) is 3.73. The lowest BCUT2D eigenvalue weighted by molar-refractivity contribution is -0.158. The second-order valence-corrected chi connectivity index (χ2v) is 7.40. The molecule has 7 nitrogen and oxygen atoms in total. The van der Waals surface area contributed by atoms with Gasteiger partial charge in [-0.3, -0.25) is 9.59 Å². The zero-order chi connectivity index (χ0) is 21.1. The number of nitrogens with zero attached hydrogens (tertiary/aromatic N) is 2. The van der Waals surface area contributed by atoms with E-state index in [0.717, 1.165) is 24.2 Å². The van der Waals surface area contributed by atoms with E-state index in [0.29, 0.717) is 24.2 Å². The van der Waals surface area contributed by atoms with Crippen molar-refractivity contribution in [3.05, 3.63) is 60.4 Å². The number of phenolic OH excluding ortho intramolecular Hbond substituents is 1. The van der Waals surface area contributed by atoms with E-state index in [2.05, 4.69) is 17.0 Å². The predicted octanol–water partition coefficient (Wildman–Crippen LogP) is 2.96. The van der Waals surface area contributed by atoms with E-state index < -0.39 is 12.1 Å². The highest BCUT2D eigenvalue weighted by Gasteiger charge is 2.27. The van der Waals surface area contributed by atoms with Crippen LogP contribution in [0.4, 0.5) is 5.69 Å². The highest BCUT2D eigenvalue weighted by Crippen LogP contribution is 2.25. The number of piperazine rings is 1. The Balaban J connectivity index is 1.30. The molecule has 4 rings (SSSR count). The van der Waals surface area contributed by atoms with Gasteiger partial charge >= 0.3 is 5.97 Å². The minimum atomic E-state index is -0.844. The van der Waals surface area contributed by atoms with Crippen LogP contribution < -0.4 is 4.90 Å². The Morgan fingerprint density at radius 2 is 1.83 bits per heavy atom. The normalized spacial score (nSPS) is 15.2. The third-order valence-corrected chi connectivity index (χ3v) is 5.34. The molecule has 7 heteroatoms. The third-order valence-electron chi connectivity index (χ3n) is 5.34. The van der Waals surface area contributed by atoms with Gasteiger partial charge in [0, 0.05) is 48.9 Å². The molecule has 1 aromatic heterocycles. The summed E-state index contributed by atoms with van der Waals surface area (Å²) in [5.74, 6) is -0.579. The van der Waals surface area contributed by atoms with Crippen molar-refractivity contribution in [3.8, 4) is 5.75 Å². The van der Waals surface area contributed by atoms with Crippen LogP contribution in [-0.4, -0.2) is 54.2 Å². The average Bonchev–Trinajstić information content (AvgIpc) is 3.15. The van der Waals surface area contributed by atoms with Gasteiger partial charge in [0.2, 0.25) is 0 Å². The molecule has 1 saturated heterocycles. The summed E-state index contributed by atoms with van der Waals surface area (Å²) in [4.78, 5) is 29.1. The Morgan fingerprint density at radius 3 is 2.57 bits per heavy atom. The van der Waals surface area contributed by atoms with Crippen molar-refractivity contribution < 1.29 is 23.8 Å². The molecule has 2 aromatic carbocycles. The van der Waals surface area contributed by atoms with Crippen molar-refractivity contribution >= 4 is 28.5 Å². The number of hydrogen-bond donors (Lipinski definition) is 1. The summed E-state index contributed by atoms with van der Waals surface area (Å²) in [5, 5.41) is 10.2. The number of furan rings is 1. The number of esters is 1. The Bertz CT molecular complexity index is 1040. The lowest BCUT2D eigenvalue weighted by Crippen LogP contribution is -2.51. The molecule has 0 saturated carbocycles. The van der Waals surface area contributed by atoms with Crippen LogP contribution in [0.3, 0.4) is 0 Å². The monoisotopic (exact) mass is 408 g/mol. The summed E-state index contributed by atoms with van der Waals surface area (Å²) in [7, 11) is 0. The summed E-state index contributed by atoms with van der Waals surface area (Å²) in [6.07, 6.45) is 0.626. The van der Waals surface area contributed by atoms with E-state index in [1.165, 1.54) is 18.4 Å². The van der Waals surface area contributed by atoms with Crippen LogP contribution in [0.5, 0.6) is 5.75 Å². The number of fused-ring (bicyclic) bond motifs is 1. The first-order valence-corrected chi connectivity index (χ1v) is 9.98. The molecule has 1 aliphatic rings. The van der Waals surface area contributed by atoms with Gasteiger partial charge in [-0.15, -0.1) is 0 Å². The number of amides is 1. The fraction of sp³-hybridized carbons (Fsp3) is 0.304. The van der Waals surface area contributed by atoms with Gasteiger partial charge in [-0.05, 0) is 31.2 Å². The number of carbonyl (C=O) groups is 2. The Kier molecular flexibility index (Phi) is 5.61. The van der Waals surface area contributed by atoms with E-state index in [-0.39, 0.29) is 18.1 Å². The first-order chi connectivity index (χ1) is 14.5. The van der Waals surface area contributed by atoms with E-state index in [1.54, 1.807) is 17.9 Å². The quantitative estimate of drug-likeness (QED) is 0.654. The maximum absolute atomic E-state index is 12.7. The lowest BCUT2D eigenvalue weighted by Gasteiger charge is -2.37. The molecule has 1 N–H and O–H groups in total. The number of aromatic hydroxyl groups is 1. The smallest absolute Gasteiger partial charge is 0.311 e. The first-order valence-electron chi connectivity index (χ1n) is 9.98. The number of ether oxygens (including phenoxy) is 1. The van der Waals surface area contributed by atoms with E-state index >= 15 is 0 Å². The summed E-state index contributed by atoms with van der Waals surface area (Å²) >= 11 is 0. The number of hydrogen-bond acceptors (Lipinski definition) is 6. The molecule has 30 heavy (non-hydrogen) atoms. The highest BCUT2D eigenvalue weighted by molar-refractivity contribution is 5.88. The minimum Gasteiger partial charge on any atom is -0.508 e. The highest BCUT2D eigenvalue weighted by atomic mass is 16.5. The summed E-state index contributed by atoms with van der Waals surface area (Å²) in [6.45, 7) is 4.26. The maximum atomic E-state index is 12.7. The molecule has 1 fully saturated rings. The Hall–Kier alpha value is -3.48. The van der Waals surface area contributed by atoms with Crippen LogP contribution >= 0.6 is 0 Å². The SMILES string of the molecule is C[C@@H](OC(=O)Cc1coc2cc(O)ccc12)C(=O)N1CCN(c2ccccc2)CC1. The molecule has 0 spiro atoms. The number of rotatable bonds is 5. The summed E-state index contributed by atoms with van der Waals surface area (Å²) in [6, 6.07) is 14.8. The minimum absolute atomic E-state index is 0.00280. The Morgan fingerprint density at radius 1 is 1.10 bits per heavy atom. The van der Waals surface area contributed by atoms with Gasteiger partial charge in [-0.1, -0.05) is 18.2 Å². The lowest BCUT2D eigenvalue weighted by atomic mass is 10.1. The predicted molar refractivity (Wildman–Crippen MR) is 112 cm³/mol. The second-order valence-electron chi connectivity index (χ2n) is 7.40. The van der Waals surface area contributed by atoms with Crippen molar-refractivity contribution in [3.63, 3.8) is 0 Å². The van der Waals surface area contributed by atoms with Crippen LogP contribution in [0.2, 0.25) is 0 Å². The molecule has 0 unspecified atom stereocenters. The van der Waals surface area contributed by atoms with Gasteiger partial charge in [-0.2, -0.15) is 0 Å². The Labute approximate surface area is 174 Å². The number of carbonyl (C=O) groups excluding carboxylic acids is 2. The van der Waals surface area contributed by atoms with Gasteiger partial charge in [0.25, 0.3) is 5.91 Å². The zero-order valence-electron chi connectivity index (χ0n) is 16.8. The molecule has 0 radical (unpaired) electrons.